The van der Waals surface area contributed by atoms with Gasteiger partial charge in [-0.2, -0.15) is 0 Å². The summed E-state index contributed by atoms with van der Waals surface area (Å²) >= 11 is 6.20. The number of fused-ring (bicyclic) bond motifs is 1. The van der Waals surface area contributed by atoms with Crippen LogP contribution in [0.15, 0.2) is 18.2 Å². The molecule has 0 aliphatic carbocycles. The Hall–Kier alpha value is -1.82. The van der Waals surface area contributed by atoms with Crippen molar-refractivity contribution >= 4 is 34.3 Å². The first-order valence-corrected chi connectivity index (χ1v) is 6.91. The Bertz CT molecular complexity index is 611. The number of nitrogens with one attached hydrogen (secondary N) is 2. The molecule has 1 heterocycles. The highest BCUT2D eigenvalue weighted by molar-refractivity contribution is 6.20. The Labute approximate surface area is 121 Å². The maximum atomic E-state index is 10.7. The molecule has 0 saturated carbocycles. The first-order chi connectivity index (χ1) is 9.45. The van der Waals surface area contributed by atoms with E-state index in [1.165, 1.54) is 12.1 Å². The van der Waals surface area contributed by atoms with Gasteiger partial charge in [0, 0.05) is 18.7 Å². The van der Waals surface area contributed by atoms with E-state index in [0.717, 1.165) is 6.42 Å². The number of anilines is 1. The number of imidazole rings is 1. The number of hydrogen-bond acceptors (Lipinski definition) is 4. The van der Waals surface area contributed by atoms with Crippen molar-refractivity contribution in [3.05, 3.63) is 28.3 Å². The number of non-ortho nitro benzene ring substituents is 1. The van der Waals surface area contributed by atoms with Crippen LogP contribution in [0.1, 0.15) is 20.3 Å². The number of hydrogen-bond donors (Lipinski definition) is 2. The minimum absolute atomic E-state index is 0.0255. The highest BCUT2D eigenvalue weighted by atomic mass is 35.5. The number of aromatic amines is 1. The van der Waals surface area contributed by atoms with Gasteiger partial charge in [0.2, 0.25) is 5.95 Å². The summed E-state index contributed by atoms with van der Waals surface area (Å²) in [7, 11) is 0. The lowest BCUT2D eigenvalue weighted by molar-refractivity contribution is -0.384. The third-order valence-electron chi connectivity index (χ3n) is 2.89. The van der Waals surface area contributed by atoms with Gasteiger partial charge in [0.1, 0.15) is 0 Å². The summed E-state index contributed by atoms with van der Waals surface area (Å²) in [5, 5.41) is 13.9. The van der Waals surface area contributed by atoms with Crippen LogP contribution in [-0.2, 0) is 0 Å². The van der Waals surface area contributed by atoms with Gasteiger partial charge < -0.3 is 10.3 Å². The van der Waals surface area contributed by atoms with E-state index in [4.69, 9.17) is 11.6 Å². The molecule has 1 unspecified atom stereocenters. The molecule has 7 heteroatoms. The van der Waals surface area contributed by atoms with Crippen LogP contribution in [0.4, 0.5) is 11.6 Å². The first-order valence-electron chi connectivity index (χ1n) is 6.48. The summed E-state index contributed by atoms with van der Waals surface area (Å²) in [5.74, 6) is 1.12. The van der Waals surface area contributed by atoms with Crippen LogP contribution in [0, 0.1) is 16.0 Å². The standard InChI is InChI=1S/C13H17ClN4O2/c1-8(2)5-9(14)7-15-13-16-11-4-3-10(18(19)20)6-12(11)17-13/h3-4,6,8-9H,5,7H2,1-2H3,(H2,15,16,17). The topological polar surface area (TPSA) is 83.8 Å². The Morgan fingerprint density at radius 1 is 1.50 bits per heavy atom. The number of nitro groups is 1. The lowest BCUT2D eigenvalue weighted by Crippen LogP contribution is -2.16. The van der Waals surface area contributed by atoms with E-state index < -0.39 is 4.92 Å². The molecule has 2 aromatic rings. The molecule has 2 N–H and O–H groups in total. The molecule has 0 spiro atoms. The Morgan fingerprint density at radius 3 is 2.90 bits per heavy atom. The molecule has 0 fully saturated rings. The SMILES string of the molecule is CC(C)CC(Cl)CNc1nc2ccc([N+](=O)[O-])cc2[nH]1. The van der Waals surface area contributed by atoms with Crippen LogP contribution in [0.3, 0.4) is 0 Å². The average molecular weight is 297 g/mol. The maximum Gasteiger partial charge on any atom is 0.271 e. The molecule has 0 bridgehead atoms. The van der Waals surface area contributed by atoms with Crippen LogP contribution in [0.25, 0.3) is 11.0 Å². The van der Waals surface area contributed by atoms with E-state index in [0.29, 0.717) is 29.4 Å². The fourth-order valence-electron chi connectivity index (χ4n) is 2.00. The van der Waals surface area contributed by atoms with Gasteiger partial charge in [0.15, 0.2) is 0 Å². The number of benzene rings is 1. The van der Waals surface area contributed by atoms with E-state index in [1.807, 2.05) is 0 Å². The second-order valence-electron chi connectivity index (χ2n) is 5.15. The highest BCUT2D eigenvalue weighted by Gasteiger charge is 2.11. The molecule has 6 nitrogen and oxygen atoms in total. The lowest BCUT2D eigenvalue weighted by atomic mass is 10.1. The third kappa shape index (κ3) is 3.60. The highest BCUT2D eigenvalue weighted by Crippen LogP contribution is 2.20. The van der Waals surface area contributed by atoms with Gasteiger partial charge >= 0.3 is 0 Å². The number of nitro benzene ring substituents is 1. The van der Waals surface area contributed by atoms with Crippen molar-refractivity contribution in [2.45, 2.75) is 25.6 Å². The normalized spacial score (nSPS) is 12.8. The minimum Gasteiger partial charge on any atom is -0.354 e. The predicted octanol–water partition coefficient (Wildman–Crippen LogP) is 3.54. The van der Waals surface area contributed by atoms with Gasteiger partial charge in [-0.15, -0.1) is 11.6 Å². The van der Waals surface area contributed by atoms with Crippen molar-refractivity contribution in [3.8, 4) is 0 Å². The van der Waals surface area contributed by atoms with E-state index >= 15 is 0 Å². The summed E-state index contributed by atoms with van der Waals surface area (Å²) in [4.78, 5) is 17.6. The molecule has 20 heavy (non-hydrogen) atoms. The van der Waals surface area contributed by atoms with Gasteiger partial charge in [-0.05, 0) is 18.4 Å². The molecule has 1 atom stereocenters. The Kier molecular flexibility index (Phi) is 4.44. The van der Waals surface area contributed by atoms with E-state index in [1.54, 1.807) is 6.07 Å². The van der Waals surface area contributed by atoms with Crippen LogP contribution < -0.4 is 5.32 Å². The summed E-state index contributed by atoms with van der Waals surface area (Å²) in [5.41, 5.74) is 1.37. The molecule has 1 aromatic carbocycles. The van der Waals surface area contributed by atoms with Crippen LogP contribution >= 0.6 is 11.6 Å². The summed E-state index contributed by atoms with van der Waals surface area (Å²) in [6.45, 7) is 4.84. The molecule has 1 aromatic heterocycles. The van der Waals surface area contributed by atoms with Crippen molar-refractivity contribution in [2.24, 2.45) is 5.92 Å². The van der Waals surface area contributed by atoms with Gasteiger partial charge in [-0.3, -0.25) is 10.1 Å². The van der Waals surface area contributed by atoms with Crippen molar-refractivity contribution < 1.29 is 4.92 Å². The van der Waals surface area contributed by atoms with Crippen LogP contribution in [0.5, 0.6) is 0 Å². The molecule has 0 amide bonds. The molecule has 2 rings (SSSR count). The summed E-state index contributed by atoms with van der Waals surface area (Å²) in [6.07, 6.45) is 0.917. The van der Waals surface area contributed by atoms with Gasteiger partial charge in [-0.1, -0.05) is 13.8 Å². The molecular weight excluding hydrogens is 280 g/mol. The third-order valence-corrected chi connectivity index (χ3v) is 3.23. The second-order valence-corrected chi connectivity index (χ2v) is 5.77. The predicted molar refractivity (Wildman–Crippen MR) is 80.3 cm³/mol. The van der Waals surface area contributed by atoms with E-state index in [9.17, 15) is 10.1 Å². The zero-order valence-corrected chi connectivity index (χ0v) is 12.1. The molecule has 108 valence electrons. The quantitative estimate of drug-likeness (QED) is 0.485. The zero-order valence-electron chi connectivity index (χ0n) is 11.4. The van der Waals surface area contributed by atoms with Gasteiger partial charge in [0.25, 0.3) is 5.69 Å². The maximum absolute atomic E-state index is 10.7. The first kappa shape index (κ1) is 14.6. The number of aromatic nitrogens is 2. The minimum atomic E-state index is -0.426. The summed E-state index contributed by atoms with van der Waals surface area (Å²) < 4.78 is 0. The van der Waals surface area contributed by atoms with E-state index in [-0.39, 0.29) is 11.1 Å². The summed E-state index contributed by atoms with van der Waals surface area (Å²) in [6, 6.07) is 4.54. The van der Waals surface area contributed by atoms with Crippen molar-refractivity contribution in [1.29, 1.82) is 0 Å². The number of H-pyrrole nitrogens is 1. The monoisotopic (exact) mass is 296 g/mol. The molecule has 0 saturated heterocycles. The van der Waals surface area contributed by atoms with Crippen molar-refractivity contribution in [2.75, 3.05) is 11.9 Å². The fourth-order valence-corrected chi connectivity index (χ4v) is 2.43. The van der Waals surface area contributed by atoms with Gasteiger partial charge in [0.05, 0.1) is 21.3 Å². The van der Waals surface area contributed by atoms with Crippen molar-refractivity contribution in [3.63, 3.8) is 0 Å². The number of halogens is 1. The number of alkyl halides is 1. The van der Waals surface area contributed by atoms with Gasteiger partial charge in [-0.25, -0.2) is 4.98 Å². The molecule has 0 radical (unpaired) electrons. The Balaban J connectivity index is 2.06. The molecule has 0 aliphatic heterocycles. The number of nitrogens with zero attached hydrogens (tertiary/aromatic N) is 2. The molecule has 0 aliphatic rings. The Morgan fingerprint density at radius 2 is 2.25 bits per heavy atom. The smallest absolute Gasteiger partial charge is 0.271 e. The fraction of sp³-hybridized carbons (Fsp3) is 0.462. The lowest BCUT2D eigenvalue weighted by Gasteiger charge is -2.12. The van der Waals surface area contributed by atoms with Crippen LogP contribution in [0.2, 0.25) is 0 Å². The second kappa shape index (κ2) is 6.09. The van der Waals surface area contributed by atoms with Crippen LogP contribution in [-0.4, -0.2) is 26.8 Å². The molecular formula is C13H17ClN4O2. The van der Waals surface area contributed by atoms with E-state index in [2.05, 4.69) is 29.1 Å². The van der Waals surface area contributed by atoms with Crippen molar-refractivity contribution in [1.82, 2.24) is 9.97 Å². The number of rotatable bonds is 6. The zero-order chi connectivity index (χ0) is 14.7. The average Bonchev–Trinajstić information content (AvgIpc) is 2.77. The largest absolute Gasteiger partial charge is 0.354 e.